The number of nitrogens with zero attached hydrogens (tertiary/aromatic N) is 1. The third-order valence-corrected chi connectivity index (χ3v) is 7.01. The van der Waals surface area contributed by atoms with E-state index in [9.17, 15) is 14.4 Å². The Hall–Kier alpha value is -2.06. The molecule has 3 amide bonds. The first-order valence-electron chi connectivity index (χ1n) is 12.2. The number of amides is 3. The molecule has 0 aliphatic carbocycles. The molecule has 3 unspecified atom stereocenters. The number of thioether (sulfide) groups is 1. The van der Waals surface area contributed by atoms with Crippen molar-refractivity contribution in [3.8, 4) is 0 Å². The van der Waals surface area contributed by atoms with Crippen molar-refractivity contribution < 1.29 is 14.4 Å². The quantitative estimate of drug-likeness (QED) is 0.520. The van der Waals surface area contributed by atoms with Crippen LogP contribution in [-0.2, 0) is 9.59 Å². The van der Waals surface area contributed by atoms with Gasteiger partial charge in [-0.25, -0.2) is 0 Å². The van der Waals surface area contributed by atoms with E-state index in [0.717, 1.165) is 25.8 Å². The molecule has 7 nitrogen and oxygen atoms in total. The lowest BCUT2D eigenvalue weighted by Gasteiger charge is -2.41. The lowest BCUT2D eigenvalue weighted by Crippen LogP contribution is -2.64. The second-order valence-electron chi connectivity index (χ2n) is 11.3. The highest BCUT2D eigenvalue weighted by Crippen LogP contribution is 2.31. The van der Waals surface area contributed by atoms with Crippen LogP contribution in [0.5, 0.6) is 0 Å². The van der Waals surface area contributed by atoms with Gasteiger partial charge in [0.15, 0.2) is 0 Å². The van der Waals surface area contributed by atoms with E-state index in [1.54, 1.807) is 40.9 Å². The van der Waals surface area contributed by atoms with Gasteiger partial charge in [0, 0.05) is 11.6 Å². The topological polar surface area (TPSA) is 90.5 Å². The second kappa shape index (κ2) is 10.7. The molecule has 0 radical (unpaired) electrons. The van der Waals surface area contributed by atoms with Gasteiger partial charge in [0.05, 0.1) is 11.3 Å². The highest BCUT2D eigenvalue weighted by molar-refractivity contribution is 7.98. The maximum absolute atomic E-state index is 14.0. The smallest absolute Gasteiger partial charge is 0.257 e. The fourth-order valence-corrected chi connectivity index (χ4v) is 5.94. The molecule has 1 aromatic carbocycles. The maximum atomic E-state index is 14.0. The van der Waals surface area contributed by atoms with Crippen LogP contribution < -0.4 is 16.0 Å². The normalized spacial score (nSPS) is 22.1. The van der Waals surface area contributed by atoms with Crippen LogP contribution in [-0.4, -0.2) is 64.8 Å². The van der Waals surface area contributed by atoms with Crippen molar-refractivity contribution in [2.45, 2.75) is 84.0 Å². The van der Waals surface area contributed by atoms with Crippen molar-refractivity contribution in [3.05, 3.63) is 29.8 Å². The summed E-state index contributed by atoms with van der Waals surface area (Å²) in [5.41, 5.74) is 0.486. The van der Waals surface area contributed by atoms with Crippen LogP contribution in [0.4, 0.5) is 5.69 Å². The van der Waals surface area contributed by atoms with Gasteiger partial charge >= 0.3 is 0 Å². The zero-order valence-electron chi connectivity index (χ0n) is 21.4. The lowest BCUT2D eigenvalue weighted by atomic mass is 9.81. The molecule has 0 spiro atoms. The van der Waals surface area contributed by atoms with Crippen LogP contribution in [0, 0.1) is 5.41 Å². The molecule has 188 valence electrons. The SMILES string of the molecule is CSCCC1C(=O)Nc2ccccc2C(=O)N1C(C(=O)NC(C)(C)CC(C)(C)C)C1CCCN1. The summed E-state index contributed by atoms with van der Waals surface area (Å²) < 4.78 is 0. The molecule has 1 aromatic rings. The molecule has 8 heteroatoms. The number of benzene rings is 1. The van der Waals surface area contributed by atoms with Gasteiger partial charge in [-0.3, -0.25) is 14.4 Å². The summed E-state index contributed by atoms with van der Waals surface area (Å²) >= 11 is 1.63. The summed E-state index contributed by atoms with van der Waals surface area (Å²) in [5, 5.41) is 9.61. The lowest BCUT2D eigenvalue weighted by molar-refractivity contribution is -0.131. The van der Waals surface area contributed by atoms with Gasteiger partial charge in [0.25, 0.3) is 5.91 Å². The number of hydrogen-bond acceptors (Lipinski definition) is 5. The van der Waals surface area contributed by atoms with E-state index >= 15 is 0 Å². The summed E-state index contributed by atoms with van der Waals surface area (Å²) in [4.78, 5) is 42.9. The molecule has 2 heterocycles. The van der Waals surface area contributed by atoms with Gasteiger partial charge in [-0.05, 0) is 75.6 Å². The minimum Gasteiger partial charge on any atom is -0.349 e. The van der Waals surface area contributed by atoms with Crippen LogP contribution in [0.25, 0.3) is 0 Å². The summed E-state index contributed by atoms with van der Waals surface area (Å²) in [6.07, 6.45) is 4.95. The van der Waals surface area contributed by atoms with E-state index in [1.165, 1.54) is 0 Å². The second-order valence-corrected chi connectivity index (χ2v) is 12.3. The fraction of sp³-hybridized carbons (Fsp3) is 0.654. The number of hydrogen-bond donors (Lipinski definition) is 3. The number of anilines is 1. The Bertz CT molecular complexity index is 906. The third kappa shape index (κ3) is 6.33. The molecule has 3 atom stereocenters. The molecule has 1 saturated heterocycles. The molecule has 3 rings (SSSR count). The van der Waals surface area contributed by atoms with Crippen LogP contribution in [0.15, 0.2) is 24.3 Å². The molecule has 34 heavy (non-hydrogen) atoms. The number of para-hydroxylation sites is 1. The number of fused-ring (bicyclic) bond motifs is 1. The van der Waals surface area contributed by atoms with E-state index in [4.69, 9.17) is 0 Å². The molecule has 0 saturated carbocycles. The molecule has 3 N–H and O–H groups in total. The van der Waals surface area contributed by atoms with Crippen LogP contribution in [0.3, 0.4) is 0 Å². The average molecular weight is 489 g/mol. The predicted molar refractivity (Wildman–Crippen MR) is 139 cm³/mol. The third-order valence-electron chi connectivity index (χ3n) is 6.37. The van der Waals surface area contributed by atoms with Crippen LogP contribution in [0.1, 0.15) is 70.7 Å². The van der Waals surface area contributed by atoms with E-state index < -0.39 is 17.6 Å². The predicted octanol–water partition coefficient (Wildman–Crippen LogP) is 3.65. The largest absolute Gasteiger partial charge is 0.349 e. The number of carbonyl (C=O) groups excluding carboxylic acids is 3. The van der Waals surface area contributed by atoms with E-state index in [1.807, 2.05) is 20.1 Å². The Labute approximate surface area is 208 Å². The Morgan fingerprint density at radius 1 is 1.21 bits per heavy atom. The Morgan fingerprint density at radius 3 is 2.53 bits per heavy atom. The van der Waals surface area contributed by atoms with Crippen molar-refractivity contribution in [3.63, 3.8) is 0 Å². The molecule has 0 bridgehead atoms. The van der Waals surface area contributed by atoms with Gasteiger partial charge in [-0.2, -0.15) is 11.8 Å². The van der Waals surface area contributed by atoms with Crippen LogP contribution >= 0.6 is 11.8 Å². The maximum Gasteiger partial charge on any atom is 0.257 e. The standard InChI is InChI=1S/C26H40N4O3S/c1-25(2,3)16-26(4,5)29-23(32)21(19-12-9-14-27-19)30-20(13-15-34-6)22(31)28-18-11-8-7-10-17(18)24(30)33/h7-8,10-11,19-21,27H,9,12-16H2,1-6H3,(H,28,31)(H,29,32). The number of carbonyl (C=O) groups is 3. The fourth-order valence-electron chi connectivity index (χ4n) is 5.48. The Morgan fingerprint density at radius 2 is 1.91 bits per heavy atom. The van der Waals surface area contributed by atoms with Gasteiger partial charge in [-0.15, -0.1) is 0 Å². The summed E-state index contributed by atoms with van der Waals surface area (Å²) in [6.45, 7) is 11.3. The van der Waals surface area contributed by atoms with Gasteiger partial charge < -0.3 is 20.9 Å². The van der Waals surface area contributed by atoms with Crippen molar-refractivity contribution in [2.75, 3.05) is 23.9 Å². The van der Waals surface area contributed by atoms with Crippen molar-refractivity contribution in [1.82, 2.24) is 15.5 Å². The average Bonchev–Trinajstić information content (AvgIpc) is 3.21. The highest BCUT2D eigenvalue weighted by atomic mass is 32.2. The van der Waals surface area contributed by atoms with Gasteiger partial charge in [0.1, 0.15) is 12.1 Å². The zero-order valence-corrected chi connectivity index (χ0v) is 22.2. The zero-order chi connectivity index (χ0) is 25.1. The van der Waals surface area contributed by atoms with Gasteiger partial charge in [0.2, 0.25) is 11.8 Å². The monoisotopic (exact) mass is 488 g/mol. The van der Waals surface area contributed by atoms with Crippen molar-refractivity contribution in [2.24, 2.45) is 5.41 Å². The molecular formula is C26H40N4O3S. The van der Waals surface area contributed by atoms with E-state index in [0.29, 0.717) is 23.4 Å². The Balaban J connectivity index is 2.04. The molecule has 0 aromatic heterocycles. The minimum absolute atomic E-state index is 0.0238. The van der Waals surface area contributed by atoms with Crippen molar-refractivity contribution >= 4 is 35.2 Å². The molecular weight excluding hydrogens is 448 g/mol. The number of rotatable bonds is 8. The molecule has 2 aliphatic rings. The minimum atomic E-state index is -0.780. The first-order valence-corrected chi connectivity index (χ1v) is 13.6. The number of nitrogens with one attached hydrogen (secondary N) is 3. The molecule has 1 fully saturated rings. The first-order chi connectivity index (χ1) is 15.9. The summed E-state index contributed by atoms with van der Waals surface area (Å²) in [6, 6.07) is 5.35. The summed E-state index contributed by atoms with van der Waals surface area (Å²) in [5.74, 6) is -0.0110. The highest BCUT2D eigenvalue weighted by Gasteiger charge is 2.46. The summed E-state index contributed by atoms with van der Waals surface area (Å²) in [7, 11) is 0. The first kappa shape index (κ1) is 26.5. The Kier molecular flexibility index (Phi) is 8.34. The van der Waals surface area contributed by atoms with Gasteiger partial charge in [-0.1, -0.05) is 32.9 Å². The molecule has 2 aliphatic heterocycles. The van der Waals surface area contributed by atoms with Crippen molar-refractivity contribution in [1.29, 1.82) is 0 Å². The van der Waals surface area contributed by atoms with E-state index in [-0.39, 0.29) is 29.2 Å². The van der Waals surface area contributed by atoms with E-state index in [2.05, 4.69) is 36.7 Å². The van der Waals surface area contributed by atoms with Crippen LogP contribution in [0.2, 0.25) is 0 Å².